The summed E-state index contributed by atoms with van der Waals surface area (Å²) in [7, 11) is 0. The minimum atomic E-state index is -0.536. The van der Waals surface area contributed by atoms with Crippen molar-refractivity contribution < 1.29 is 15.1 Å². The number of aromatic nitrogens is 2. The third-order valence-corrected chi connectivity index (χ3v) is 2.01. The summed E-state index contributed by atoms with van der Waals surface area (Å²) < 4.78 is 0. The van der Waals surface area contributed by atoms with Crippen LogP contribution < -0.4 is 5.32 Å². The molecule has 1 aromatic heterocycles. The second-order valence-corrected chi connectivity index (χ2v) is 3.34. The molecule has 3 N–H and O–H groups in total. The van der Waals surface area contributed by atoms with Crippen LogP contribution in [0.25, 0.3) is 0 Å². The van der Waals surface area contributed by atoms with Gasteiger partial charge in [0.2, 0.25) is 17.7 Å². The molecule has 0 atom stereocenters. The number of nitrogens with one attached hydrogen (secondary N) is 1. The molecule has 18 heavy (non-hydrogen) atoms. The van der Waals surface area contributed by atoms with Crippen molar-refractivity contribution in [3.8, 4) is 11.8 Å². The first-order valence-corrected chi connectivity index (χ1v) is 4.83. The molecule has 1 aromatic carbocycles. The maximum atomic E-state index is 10.6. The van der Waals surface area contributed by atoms with E-state index in [2.05, 4.69) is 15.3 Å². The molecular weight excluding hydrogens is 240 g/mol. The molecule has 0 spiro atoms. The SMILES string of the molecule is O=[N+]([O-])c1cccc(Nc2nc(O)cc(O)n2)c1. The summed E-state index contributed by atoms with van der Waals surface area (Å²) in [5.41, 5.74) is 0.276. The molecule has 0 fully saturated rings. The van der Waals surface area contributed by atoms with Crippen LogP contribution in [-0.2, 0) is 0 Å². The van der Waals surface area contributed by atoms with Crippen molar-refractivity contribution in [2.45, 2.75) is 0 Å². The number of benzene rings is 1. The molecule has 0 amide bonds. The summed E-state index contributed by atoms with van der Waals surface area (Å²) in [4.78, 5) is 17.3. The number of aromatic hydroxyl groups is 2. The Hall–Kier alpha value is -2.90. The highest BCUT2D eigenvalue weighted by Crippen LogP contribution is 2.22. The Morgan fingerprint density at radius 2 is 1.83 bits per heavy atom. The number of hydrogen-bond donors (Lipinski definition) is 3. The lowest BCUT2D eigenvalue weighted by molar-refractivity contribution is -0.384. The lowest BCUT2D eigenvalue weighted by Gasteiger charge is -2.04. The highest BCUT2D eigenvalue weighted by Gasteiger charge is 2.07. The van der Waals surface area contributed by atoms with Gasteiger partial charge in [0, 0.05) is 17.8 Å². The fraction of sp³-hybridized carbons (Fsp3) is 0. The molecule has 92 valence electrons. The fourth-order valence-corrected chi connectivity index (χ4v) is 1.30. The van der Waals surface area contributed by atoms with Crippen molar-refractivity contribution in [2.75, 3.05) is 5.32 Å². The van der Waals surface area contributed by atoms with Gasteiger partial charge < -0.3 is 15.5 Å². The smallest absolute Gasteiger partial charge is 0.271 e. The zero-order chi connectivity index (χ0) is 13.1. The molecular formula is C10H8N4O4. The fourth-order valence-electron chi connectivity index (χ4n) is 1.30. The Balaban J connectivity index is 2.28. The third-order valence-electron chi connectivity index (χ3n) is 2.01. The van der Waals surface area contributed by atoms with Crippen molar-refractivity contribution in [2.24, 2.45) is 0 Å². The van der Waals surface area contributed by atoms with E-state index < -0.39 is 16.7 Å². The third kappa shape index (κ3) is 2.61. The second-order valence-electron chi connectivity index (χ2n) is 3.34. The minimum absolute atomic E-state index is 0.0620. The van der Waals surface area contributed by atoms with Gasteiger partial charge in [0.1, 0.15) is 0 Å². The van der Waals surface area contributed by atoms with E-state index >= 15 is 0 Å². The zero-order valence-electron chi connectivity index (χ0n) is 8.94. The Bertz CT molecular complexity index is 582. The van der Waals surface area contributed by atoms with Crippen LogP contribution >= 0.6 is 0 Å². The van der Waals surface area contributed by atoms with Gasteiger partial charge in [-0.15, -0.1) is 0 Å². The summed E-state index contributed by atoms with van der Waals surface area (Å²) in [6.45, 7) is 0. The van der Waals surface area contributed by atoms with E-state index in [1.807, 2.05) is 0 Å². The first-order valence-electron chi connectivity index (χ1n) is 4.83. The summed E-state index contributed by atoms with van der Waals surface area (Å²) in [6, 6.07) is 6.65. The summed E-state index contributed by atoms with van der Waals surface area (Å²) in [6.07, 6.45) is 0. The standard InChI is InChI=1S/C10H8N4O4/c15-8-5-9(16)13-10(12-8)11-6-2-1-3-7(4-6)14(17)18/h1-5H,(H3,11,12,13,15,16). The maximum absolute atomic E-state index is 10.6. The quantitative estimate of drug-likeness (QED) is 0.556. The van der Waals surface area contributed by atoms with Gasteiger partial charge in [-0.25, -0.2) is 0 Å². The van der Waals surface area contributed by atoms with Crippen LogP contribution in [0.2, 0.25) is 0 Å². The molecule has 0 radical (unpaired) electrons. The van der Waals surface area contributed by atoms with Crippen LogP contribution in [0, 0.1) is 10.1 Å². The van der Waals surface area contributed by atoms with E-state index in [-0.39, 0.29) is 11.6 Å². The molecule has 0 unspecified atom stereocenters. The van der Waals surface area contributed by atoms with Gasteiger partial charge in [-0.3, -0.25) is 10.1 Å². The molecule has 8 heteroatoms. The Kier molecular flexibility index (Phi) is 2.92. The molecule has 0 saturated carbocycles. The zero-order valence-corrected chi connectivity index (χ0v) is 8.94. The average molecular weight is 248 g/mol. The van der Waals surface area contributed by atoms with Gasteiger partial charge in [-0.2, -0.15) is 9.97 Å². The van der Waals surface area contributed by atoms with E-state index in [1.54, 1.807) is 6.07 Å². The predicted octanol–water partition coefficient (Wildman–Crippen LogP) is 1.54. The summed E-state index contributed by atoms with van der Waals surface area (Å²) in [5, 5.41) is 31.5. The Morgan fingerprint density at radius 1 is 1.17 bits per heavy atom. The van der Waals surface area contributed by atoms with E-state index in [0.29, 0.717) is 5.69 Å². The van der Waals surface area contributed by atoms with E-state index in [4.69, 9.17) is 10.2 Å². The van der Waals surface area contributed by atoms with Crippen LogP contribution in [0.15, 0.2) is 30.3 Å². The van der Waals surface area contributed by atoms with Crippen molar-refractivity contribution >= 4 is 17.3 Å². The number of anilines is 2. The lowest BCUT2D eigenvalue weighted by Crippen LogP contribution is -1.97. The van der Waals surface area contributed by atoms with Gasteiger partial charge in [0.15, 0.2) is 0 Å². The molecule has 0 saturated heterocycles. The molecule has 0 bridgehead atoms. The normalized spacial score (nSPS) is 10.0. The van der Waals surface area contributed by atoms with E-state index in [0.717, 1.165) is 6.07 Å². The number of hydrogen-bond acceptors (Lipinski definition) is 7. The van der Waals surface area contributed by atoms with E-state index in [1.165, 1.54) is 18.2 Å². The molecule has 2 rings (SSSR count). The number of non-ortho nitro benzene ring substituents is 1. The molecule has 0 aliphatic rings. The van der Waals surface area contributed by atoms with Crippen LogP contribution in [-0.4, -0.2) is 25.1 Å². The van der Waals surface area contributed by atoms with Crippen LogP contribution in [0.4, 0.5) is 17.3 Å². The molecule has 0 aliphatic heterocycles. The number of nitro groups is 1. The first-order chi connectivity index (χ1) is 8.54. The maximum Gasteiger partial charge on any atom is 0.271 e. The number of nitrogens with zero attached hydrogens (tertiary/aromatic N) is 3. The van der Waals surface area contributed by atoms with Gasteiger partial charge in [-0.1, -0.05) is 6.07 Å². The highest BCUT2D eigenvalue weighted by atomic mass is 16.6. The number of nitro benzene ring substituents is 1. The lowest BCUT2D eigenvalue weighted by atomic mass is 10.3. The minimum Gasteiger partial charge on any atom is -0.493 e. The van der Waals surface area contributed by atoms with Gasteiger partial charge in [-0.05, 0) is 6.07 Å². The monoisotopic (exact) mass is 248 g/mol. The number of rotatable bonds is 3. The topological polar surface area (TPSA) is 121 Å². The van der Waals surface area contributed by atoms with E-state index in [9.17, 15) is 10.1 Å². The van der Waals surface area contributed by atoms with Crippen LogP contribution in [0.3, 0.4) is 0 Å². The van der Waals surface area contributed by atoms with Gasteiger partial charge >= 0.3 is 0 Å². The van der Waals surface area contributed by atoms with Crippen molar-refractivity contribution in [1.29, 1.82) is 0 Å². The van der Waals surface area contributed by atoms with Crippen molar-refractivity contribution in [1.82, 2.24) is 9.97 Å². The van der Waals surface area contributed by atoms with Crippen molar-refractivity contribution in [3.63, 3.8) is 0 Å². The molecule has 0 aliphatic carbocycles. The Labute approximate surface area is 101 Å². The molecule has 8 nitrogen and oxygen atoms in total. The molecule has 1 heterocycles. The largest absolute Gasteiger partial charge is 0.493 e. The first kappa shape index (κ1) is 11.6. The van der Waals surface area contributed by atoms with Crippen LogP contribution in [0.5, 0.6) is 11.8 Å². The molecule has 2 aromatic rings. The predicted molar refractivity (Wildman–Crippen MR) is 61.7 cm³/mol. The van der Waals surface area contributed by atoms with Crippen LogP contribution in [0.1, 0.15) is 0 Å². The summed E-state index contributed by atoms with van der Waals surface area (Å²) in [5.74, 6) is -0.876. The van der Waals surface area contributed by atoms with Gasteiger partial charge in [0.05, 0.1) is 11.0 Å². The van der Waals surface area contributed by atoms with Gasteiger partial charge in [0.25, 0.3) is 5.69 Å². The Morgan fingerprint density at radius 3 is 2.44 bits per heavy atom. The second kappa shape index (κ2) is 4.53. The van der Waals surface area contributed by atoms with Crippen molar-refractivity contribution in [3.05, 3.63) is 40.4 Å². The summed E-state index contributed by atoms with van der Waals surface area (Å²) >= 11 is 0. The highest BCUT2D eigenvalue weighted by molar-refractivity contribution is 5.58. The average Bonchev–Trinajstić information content (AvgIpc) is 2.27.